The molecule has 0 bridgehead atoms. The number of rotatable bonds is 4. The Kier molecular flexibility index (Phi) is 5.78. The summed E-state index contributed by atoms with van der Waals surface area (Å²) in [6, 6.07) is 7.94. The van der Waals surface area contributed by atoms with E-state index in [1.165, 1.54) is 0 Å². The fourth-order valence-corrected chi connectivity index (χ4v) is 2.43. The van der Waals surface area contributed by atoms with E-state index in [4.69, 9.17) is 5.73 Å². The van der Waals surface area contributed by atoms with Crippen LogP contribution in [-0.2, 0) is 0 Å². The van der Waals surface area contributed by atoms with Crippen LogP contribution >= 0.6 is 12.4 Å². The molecule has 20 heavy (non-hydrogen) atoms. The molecule has 2 rings (SSSR count). The van der Waals surface area contributed by atoms with Gasteiger partial charge in [-0.15, -0.1) is 12.4 Å². The van der Waals surface area contributed by atoms with Crippen LogP contribution in [0.15, 0.2) is 30.5 Å². The highest BCUT2D eigenvalue weighted by Crippen LogP contribution is 2.28. The number of carbonyl (C=O) groups excluding carboxylic acids is 1. The number of carbonyl (C=O) groups is 1. The predicted octanol–water partition coefficient (Wildman–Crippen LogP) is 4.16. The number of fused-ring (bicyclic) bond motifs is 1. The van der Waals surface area contributed by atoms with E-state index >= 15 is 0 Å². The lowest BCUT2D eigenvalue weighted by Gasteiger charge is -2.12. The Balaban J connectivity index is 0.00000200. The first-order valence-electron chi connectivity index (χ1n) is 6.87. The summed E-state index contributed by atoms with van der Waals surface area (Å²) in [4.78, 5) is 11.7. The minimum Gasteiger partial charge on any atom is -0.324 e. The van der Waals surface area contributed by atoms with Crippen LogP contribution in [0.25, 0.3) is 10.9 Å². The molecular formula is C16H23ClN2O. The second-order valence-corrected chi connectivity index (χ2v) is 5.57. The highest BCUT2D eigenvalue weighted by molar-refractivity contribution is 5.93. The number of aromatic nitrogens is 1. The van der Waals surface area contributed by atoms with Gasteiger partial charge in [-0.25, -0.2) is 0 Å². The number of nitrogens with zero attached hydrogens (tertiary/aromatic N) is 1. The van der Waals surface area contributed by atoms with Crippen molar-refractivity contribution in [2.75, 3.05) is 0 Å². The van der Waals surface area contributed by atoms with E-state index in [0.717, 1.165) is 29.3 Å². The predicted molar refractivity (Wildman–Crippen MR) is 86.5 cm³/mol. The SMILES string of the molecule is CC(=O)n1cc([C@H](N)CCC(C)C)c2ccccc21.Cl. The summed E-state index contributed by atoms with van der Waals surface area (Å²) in [5.41, 5.74) is 8.32. The molecule has 0 unspecified atom stereocenters. The van der Waals surface area contributed by atoms with Gasteiger partial charge in [0.1, 0.15) is 0 Å². The average Bonchev–Trinajstić information content (AvgIpc) is 2.75. The zero-order valence-corrected chi connectivity index (χ0v) is 13.1. The molecule has 0 fully saturated rings. The monoisotopic (exact) mass is 294 g/mol. The molecule has 0 saturated carbocycles. The van der Waals surface area contributed by atoms with Gasteiger partial charge < -0.3 is 5.73 Å². The standard InChI is InChI=1S/C16H22N2O.ClH/c1-11(2)8-9-15(17)14-10-18(12(3)19)16-7-5-4-6-13(14)16;/h4-7,10-11,15H,8-9,17H2,1-3H3;1H/t15-;/m1./s1. The Labute approximate surface area is 126 Å². The molecule has 0 amide bonds. The van der Waals surface area contributed by atoms with Crippen LogP contribution in [0.1, 0.15) is 50.0 Å². The van der Waals surface area contributed by atoms with Crippen molar-refractivity contribution in [1.82, 2.24) is 4.57 Å². The Morgan fingerprint density at radius 1 is 1.25 bits per heavy atom. The first kappa shape index (κ1) is 16.7. The summed E-state index contributed by atoms with van der Waals surface area (Å²) in [5.74, 6) is 0.672. The van der Waals surface area contributed by atoms with Gasteiger partial charge in [-0.3, -0.25) is 9.36 Å². The first-order valence-corrected chi connectivity index (χ1v) is 6.87. The Hall–Kier alpha value is -1.32. The molecule has 0 radical (unpaired) electrons. The molecule has 3 nitrogen and oxygen atoms in total. The van der Waals surface area contributed by atoms with Crippen molar-refractivity contribution in [1.29, 1.82) is 0 Å². The Morgan fingerprint density at radius 2 is 1.90 bits per heavy atom. The maximum Gasteiger partial charge on any atom is 0.227 e. The topological polar surface area (TPSA) is 48.0 Å². The normalized spacial score (nSPS) is 12.4. The van der Waals surface area contributed by atoms with Gasteiger partial charge in [-0.1, -0.05) is 32.0 Å². The largest absolute Gasteiger partial charge is 0.324 e. The molecule has 0 spiro atoms. The van der Waals surface area contributed by atoms with E-state index in [2.05, 4.69) is 13.8 Å². The molecule has 0 aliphatic carbocycles. The minimum absolute atomic E-state index is 0. The van der Waals surface area contributed by atoms with Gasteiger partial charge in [0.15, 0.2) is 0 Å². The molecule has 2 N–H and O–H groups in total. The second-order valence-electron chi connectivity index (χ2n) is 5.57. The van der Waals surface area contributed by atoms with Crippen LogP contribution in [0.4, 0.5) is 0 Å². The zero-order valence-electron chi connectivity index (χ0n) is 12.3. The van der Waals surface area contributed by atoms with Gasteiger partial charge in [0, 0.05) is 24.5 Å². The molecule has 1 aromatic carbocycles. The molecule has 1 atom stereocenters. The summed E-state index contributed by atoms with van der Waals surface area (Å²) < 4.78 is 1.69. The quantitative estimate of drug-likeness (QED) is 0.920. The number of nitrogens with two attached hydrogens (primary N) is 1. The van der Waals surface area contributed by atoms with E-state index in [1.807, 2.05) is 30.5 Å². The Bertz CT molecular complexity index is 589. The van der Waals surface area contributed by atoms with E-state index in [0.29, 0.717) is 5.92 Å². The Morgan fingerprint density at radius 3 is 2.50 bits per heavy atom. The van der Waals surface area contributed by atoms with Crippen molar-refractivity contribution in [3.05, 3.63) is 36.0 Å². The van der Waals surface area contributed by atoms with Crippen LogP contribution in [0.2, 0.25) is 0 Å². The lowest BCUT2D eigenvalue weighted by molar-refractivity contribution is 0.0941. The summed E-state index contributed by atoms with van der Waals surface area (Å²) >= 11 is 0. The van der Waals surface area contributed by atoms with Gasteiger partial charge in [0.05, 0.1) is 5.52 Å². The highest BCUT2D eigenvalue weighted by Gasteiger charge is 2.16. The van der Waals surface area contributed by atoms with Crippen molar-refractivity contribution >= 4 is 29.2 Å². The third-order valence-corrected chi connectivity index (χ3v) is 3.54. The summed E-state index contributed by atoms with van der Waals surface area (Å²) in [6.07, 6.45) is 3.95. The fraction of sp³-hybridized carbons (Fsp3) is 0.438. The van der Waals surface area contributed by atoms with Gasteiger partial charge in [-0.2, -0.15) is 0 Å². The highest BCUT2D eigenvalue weighted by atomic mass is 35.5. The molecule has 0 aliphatic rings. The van der Waals surface area contributed by atoms with Gasteiger partial charge >= 0.3 is 0 Å². The van der Waals surface area contributed by atoms with Gasteiger partial charge in [0.2, 0.25) is 5.91 Å². The number of hydrogen-bond donors (Lipinski definition) is 1. The van der Waals surface area contributed by atoms with Crippen molar-refractivity contribution in [3.8, 4) is 0 Å². The number of benzene rings is 1. The van der Waals surface area contributed by atoms with Crippen LogP contribution < -0.4 is 5.73 Å². The molecule has 1 heterocycles. The van der Waals surface area contributed by atoms with Crippen molar-refractivity contribution in [2.45, 2.75) is 39.7 Å². The first-order chi connectivity index (χ1) is 9.00. The summed E-state index contributed by atoms with van der Waals surface area (Å²) in [5, 5.41) is 1.09. The van der Waals surface area contributed by atoms with Crippen LogP contribution in [-0.4, -0.2) is 10.5 Å². The second kappa shape index (κ2) is 6.91. The number of hydrogen-bond acceptors (Lipinski definition) is 2. The fourth-order valence-electron chi connectivity index (χ4n) is 2.43. The molecule has 0 aliphatic heterocycles. The van der Waals surface area contributed by atoms with Crippen molar-refractivity contribution in [3.63, 3.8) is 0 Å². The zero-order chi connectivity index (χ0) is 14.0. The third kappa shape index (κ3) is 3.41. The van der Waals surface area contributed by atoms with Gasteiger partial charge in [-0.05, 0) is 30.4 Å². The van der Waals surface area contributed by atoms with E-state index in [-0.39, 0.29) is 24.4 Å². The third-order valence-electron chi connectivity index (χ3n) is 3.54. The molecule has 110 valence electrons. The summed E-state index contributed by atoms with van der Waals surface area (Å²) in [6.45, 7) is 5.98. The van der Waals surface area contributed by atoms with Crippen LogP contribution in [0.3, 0.4) is 0 Å². The average molecular weight is 295 g/mol. The number of halogens is 1. The van der Waals surface area contributed by atoms with E-state index < -0.39 is 0 Å². The molecular weight excluding hydrogens is 272 g/mol. The molecule has 4 heteroatoms. The maximum absolute atomic E-state index is 11.7. The smallest absolute Gasteiger partial charge is 0.227 e. The molecule has 2 aromatic rings. The summed E-state index contributed by atoms with van der Waals surface area (Å²) in [7, 11) is 0. The minimum atomic E-state index is -0.00657. The number of para-hydroxylation sites is 1. The van der Waals surface area contributed by atoms with Gasteiger partial charge in [0.25, 0.3) is 0 Å². The lowest BCUT2D eigenvalue weighted by Crippen LogP contribution is -2.11. The van der Waals surface area contributed by atoms with E-state index in [1.54, 1.807) is 11.5 Å². The lowest BCUT2D eigenvalue weighted by atomic mass is 9.98. The molecule has 0 saturated heterocycles. The van der Waals surface area contributed by atoms with E-state index in [9.17, 15) is 4.79 Å². The van der Waals surface area contributed by atoms with Crippen LogP contribution in [0, 0.1) is 5.92 Å². The maximum atomic E-state index is 11.7. The van der Waals surface area contributed by atoms with Crippen molar-refractivity contribution < 1.29 is 4.79 Å². The van der Waals surface area contributed by atoms with Crippen LogP contribution in [0.5, 0.6) is 0 Å². The molecule has 1 aromatic heterocycles. The van der Waals surface area contributed by atoms with Crippen molar-refractivity contribution in [2.24, 2.45) is 11.7 Å².